The van der Waals surface area contributed by atoms with Gasteiger partial charge in [-0.15, -0.1) is 0 Å². The number of anilines is 1. The molecule has 1 saturated heterocycles. The van der Waals surface area contributed by atoms with Crippen molar-refractivity contribution in [3.05, 3.63) is 28.3 Å². The largest absolute Gasteiger partial charge is 0.378 e. The Kier molecular flexibility index (Phi) is 7.90. The first-order chi connectivity index (χ1) is 14.7. The number of piperazine rings is 1. The van der Waals surface area contributed by atoms with E-state index in [-0.39, 0.29) is 22.7 Å². The topological polar surface area (TPSA) is 108 Å². The second-order valence-electron chi connectivity index (χ2n) is 9.08. The van der Waals surface area contributed by atoms with Gasteiger partial charge in [0.2, 0.25) is 10.0 Å². The second-order valence-corrected chi connectivity index (χ2v) is 10.8. The fourth-order valence-electron chi connectivity index (χ4n) is 4.29. The van der Waals surface area contributed by atoms with Crippen LogP contribution in [0.5, 0.6) is 0 Å². The lowest BCUT2D eigenvalue weighted by atomic mass is 9.88. The number of sulfonamides is 1. The highest BCUT2D eigenvalue weighted by Crippen LogP contribution is 2.29. The van der Waals surface area contributed by atoms with Crippen LogP contribution in [0.15, 0.2) is 23.1 Å². The molecule has 10 heteroatoms. The van der Waals surface area contributed by atoms with Crippen LogP contribution in [-0.4, -0.2) is 75.0 Å². The molecule has 2 N–H and O–H groups in total. The van der Waals surface area contributed by atoms with Crippen molar-refractivity contribution in [2.75, 3.05) is 45.1 Å². The minimum absolute atomic E-state index is 0.0597. The van der Waals surface area contributed by atoms with Crippen LogP contribution in [0.1, 0.15) is 39.5 Å². The van der Waals surface area contributed by atoms with Gasteiger partial charge in [0.15, 0.2) is 0 Å². The van der Waals surface area contributed by atoms with Gasteiger partial charge in [-0.2, -0.15) is 0 Å². The molecule has 0 spiro atoms. The van der Waals surface area contributed by atoms with Crippen molar-refractivity contribution in [1.82, 2.24) is 14.5 Å². The smallest absolute Gasteiger partial charge is 0.293 e. The summed E-state index contributed by atoms with van der Waals surface area (Å²) in [5, 5.41) is 14.8. The molecule has 1 aliphatic carbocycles. The van der Waals surface area contributed by atoms with E-state index in [4.69, 9.17) is 0 Å². The van der Waals surface area contributed by atoms with E-state index >= 15 is 0 Å². The third-order valence-electron chi connectivity index (χ3n) is 6.56. The maximum Gasteiger partial charge on any atom is 0.293 e. The summed E-state index contributed by atoms with van der Waals surface area (Å²) in [6, 6.07) is 4.22. The van der Waals surface area contributed by atoms with Crippen LogP contribution in [-0.2, 0) is 10.0 Å². The van der Waals surface area contributed by atoms with Crippen LogP contribution < -0.4 is 10.0 Å². The van der Waals surface area contributed by atoms with Gasteiger partial charge in [0.1, 0.15) is 5.69 Å². The third kappa shape index (κ3) is 6.38. The molecule has 9 nitrogen and oxygen atoms in total. The number of rotatable bonds is 8. The van der Waals surface area contributed by atoms with Gasteiger partial charge in [-0.3, -0.25) is 15.0 Å². The molecular weight excluding hydrogens is 418 g/mol. The molecule has 3 rings (SSSR count). The molecule has 0 radical (unpaired) electrons. The first-order valence-electron chi connectivity index (χ1n) is 11.1. The number of nitro groups is 1. The van der Waals surface area contributed by atoms with Crippen molar-refractivity contribution < 1.29 is 13.3 Å². The fourth-order valence-corrected chi connectivity index (χ4v) is 5.62. The van der Waals surface area contributed by atoms with Crippen LogP contribution in [0.3, 0.4) is 0 Å². The van der Waals surface area contributed by atoms with E-state index in [0.29, 0.717) is 18.2 Å². The molecule has 1 heterocycles. The summed E-state index contributed by atoms with van der Waals surface area (Å²) in [7, 11) is -1.70. The summed E-state index contributed by atoms with van der Waals surface area (Å²) in [4.78, 5) is 15.7. The van der Waals surface area contributed by atoms with Gasteiger partial charge in [0.25, 0.3) is 5.69 Å². The number of nitro benzene ring substituents is 1. The molecule has 0 bridgehead atoms. The Balaban J connectivity index is 1.67. The summed E-state index contributed by atoms with van der Waals surface area (Å²) in [5.41, 5.74) is 0.127. The summed E-state index contributed by atoms with van der Waals surface area (Å²) in [6.45, 7) is 8.75. The summed E-state index contributed by atoms with van der Waals surface area (Å²) in [5.74, 6) is 0.612. The minimum Gasteiger partial charge on any atom is -0.378 e. The van der Waals surface area contributed by atoms with Crippen LogP contribution in [0.2, 0.25) is 0 Å². The van der Waals surface area contributed by atoms with Gasteiger partial charge in [-0.1, -0.05) is 6.92 Å². The summed E-state index contributed by atoms with van der Waals surface area (Å²) >= 11 is 0. The Morgan fingerprint density at radius 1 is 1.16 bits per heavy atom. The van der Waals surface area contributed by atoms with Crippen molar-refractivity contribution in [3.63, 3.8) is 0 Å². The SMILES string of the molecule is CC1CCC(NS(=O)(=O)c2ccc(NCC(C)N3CCN(C)CC3)c([N+](=O)[O-])c2)CC1. The Hall–Kier alpha value is -1.75. The zero-order chi connectivity index (χ0) is 22.6. The maximum absolute atomic E-state index is 12.8. The number of benzene rings is 1. The van der Waals surface area contributed by atoms with E-state index in [0.717, 1.165) is 57.9 Å². The van der Waals surface area contributed by atoms with E-state index in [2.05, 4.69) is 40.7 Å². The van der Waals surface area contributed by atoms with Gasteiger partial charge in [-0.25, -0.2) is 13.1 Å². The van der Waals surface area contributed by atoms with Crippen LogP contribution in [0.4, 0.5) is 11.4 Å². The minimum atomic E-state index is -3.80. The first-order valence-corrected chi connectivity index (χ1v) is 12.6. The predicted octanol–water partition coefficient (Wildman–Crippen LogP) is 2.50. The Labute approximate surface area is 185 Å². The average molecular weight is 454 g/mol. The Bertz CT molecular complexity index is 863. The van der Waals surface area contributed by atoms with Crippen molar-refractivity contribution in [1.29, 1.82) is 0 Å². The van der Waals surface area contributed by atoms with E-state index in [1.165, 1.54) is 12.1 Å². The molecule has 1 atom stereocenters. The molecule has 1 aromatic carbocycles. The molecule has 1 aromatic rings. The lowest BCUT2D eigenvalue weighted by molar-refractivity contribution is -0.384. The zero-order valence-corrected chi connectivity index (χ0v) is 19.5. The normalized spacial score (nSPS) is 24.6. The van der Waals surface area contributed by atoms with Gasteiger partial charge in [0, 0.05) is 50.9 Å². The molecule has 0 amide bonds. The van der Waals surface area contributed by atoms with E-state index < -0.39 is 14.9 Å². The highest BCUT2D eigenvalue weighted by Gasteiger charge is 2.27. The molecule has 1 saturated carbocycles. The summed E-state index contributed by atoms with van der Waals surface area (Å²) < 4.78 is 28.3. The van der Waals surface area contributed by atoms with Crippen LogP contribution in [0.25, 0.3) is 0 Å². The molecule has 2 aliphatic rings. The van der Waals surface area contributed by atoms with E-state index in [1.807, 2.05) is 0 Å². The van der Waals surface area contributed by atoms with Crippen molar-refractivity contribution in [3.8, 4) is 0 Å². The number of hydrogen-bond acceptors (Lipinski definition) is 7. The van der Waals surface area contributed by atoms with Gasteiger partial charge in [-0.05, 0) is 57.7 Å². The van der Waals surface area contributed by atoms with E-state index in [1.54, 1.807) is 0 Å². The molecule has 1 aliphatic heterocycles. The highest BCUT2D eigenvalue weighted by atomic mass is 32.2. The van der Waals surface area contributed by atoms with Gasteiger partial charge < -0.3 is 10.2 Å². The van der Waals surface area contributed by atoms with Gasteiger partial charge in [0.05, 0.1) is 9.82 Å². The molecule has 2 fully saturated rings. The van der Waals surface area contributed by atoms with Crippen LogP contribution >= 0.6 is 0 Å². The maximum atomic E-state index is 12.8. The molecule has 31 heavy (non-hydrogen) atoms. The fraction of sp³-hybridized carbons (Fsp3) is 0.714. The first kappa shape index (κ1) is 23.9. The second kappa shape index (κ2) is 10.2. The molecular formula is C21H35N5O4S. The average Bonchev–Trinajstić information content (AvgIpc) is 2.73. The lowest BCUT2D eigenvalue weighted by Crippen LogP contribution is -2.49. The summed E-state index contributed by atoms with van der Waals surface area (Å²) in [6.07, 6.45) is 3.57. The number of likely N-dealkylation sites (N-methyl/N-ethyl adjacent to an activating group) is 1. The van der Waals surface area contributed by atoms with Gasteiger partial charge >= 0.3 is 0 Å². The zero-order valence-electron chi connectivity index (χ0n) is 18.7. The quantitative estimate of drug-likeness (QED) is 0.460. The lowest BCUT2D eigenvalue weighted by Gasteiger charge is -2.36. The van der Waals surface area contributed by atoms with Crippen molar-refractivity contribution >= 4 is 21.4 Å². The highest BCUT2D eigenvalue weighted by molar-refractivity contribution is 7.89. The monoisotopic (exact) mass is 453 g/mol. The molecule has 0 aromatic heterocycles. The van der Waals surface area contributed by atoms with Crippen molar-refractivity contribution in [2.24, 2.45) is 5.92 Å². The Morgan fingerprint density at radius 3 is 2.42 bits per heavy atom. The number of nitrogens with one attached hydrogen (secondary N) is 2. The van der Waals surface area contributed by atoms with Crippen LogP contribution in [0, 0.1) is 16.0 Å². The third-order valence-corrected chi connectivity index (χ3v) is 8.08. The van der Waals surface area contributed by atoms with Crippen molar-refractivity contribution in [2.45, 2.75) is 56.5 Å². The molecule has 1 unspecified atom stereocenters. The number of nitrogens with zero attached hydrogens (tertiary/aromatic N) is 3. The predicted molar refractivity (Wildman–Crippen MR) is 122 cm³/mol. The Morgan fingerprint density at radius 2 is 1.81 bits per heavy atom. The standard InChI is InChI=1S/C21H35N5O4S/c1-16-4-6-18(7-5-16)23-31(29,30)19-8-9-20(21(14-19)26(27)28)22-15-17(2)25-12-10-24(3)11-13-25/h8-9,14,16-18,22-23H,4-7,10-13,15H2,1-3H3. The molecule has 174 valence electrons. The number of hydrogen-bond donors (Lipinski definition) is 2. The van der Waals surface area contributed by atoms with E-state index in [9.17, 15) is 18.5 Å².